The van der Waals surface area contributed by atoms with Gasteiger partial charge in [0.25, 0.3) is 0 Å². The Morgan fingerprint density at radius 3 is 2.75 bits per heavy atom. The lowest BCUT2D eigenvalue weighted by atomic mass is 10.2. The van der Waals surface area contributed by atoms with Crippen LogP contribution in [0.15, 0.2) is 12.1 Å². The summed E-state index contributed by atoms with van der Waals surface area (Å²) in [7, 11) is 0. The average molecular weight is 181 g/mol. The molecule has 0 aliphatic heterocycles. The molecular formula is C9H8FNS. The maximum absolute atomic E-state index is 13.1. The molecule has 1 aromatic carbocycles. The second kappa shape index (κ2) is 2.52. The molecule has 0 fully saturated rings. The lowest BCUT2D eigenvalue weighted by molar-refractivity contribution is 0.637. The van der Waals surface area contributed by atoms with E-state index < -0.39 is 0 Å². The van der Waals surface area contributed by atoms with Gasteiger partial charge in [0.1, 0.15) is 11.3 Å². The van der Waals surface area contributed by atoms with E-state index in [4.69, 9.17) is 0 Å². The molecular weight excluding hydrogens is 173 g/mol. The molecule has 0 bridgehead atoms. The van der Waals surface area contributed by atoms with Crippen LogP contribution in [-0.2, 0) is 0 Å². The zero-order valence-electron chi connectivity index (χ0n) is 6.89. The molecule has 2 rings (SSSR count). The van der Waals surface area contributed by atoms with Crippen molar-refractivity contribution in [2.75, 3.05) is 0 Å². The molecule has 0 saturated heterocycles. The van der Waals surface area contributed by atoms with E-state index in [-0.39, 0.29) is 5.82 Å². The van der Waals surface area contributed by atoms with Crippen molar-refractivity contribution in [3.8, 4) is 0 Å². The van der Waals surface area contributed by atoms with E-state index in [1.165, 1.54) is 6.07 Å². The molecule has 0 spiro atoms. The molecule has 0 N–H and O–H groups in total. The Balaban J connectivity index is 2.93. The van der Waals surface area contributed by atoms with Crippen LogP contribution in [0.1, 0.15) is 10.6 Å². The highest BCUT2D eigenvalue weighted by molar-refractivity contribution is 7.18. The molecule has 1 heterocycles. The van der Waals surface area contributed by atoms with Gasteiger partial charge in [-0.15, -0.1) is 11.3 Å². The van der Waals surface area contributed by atoms with Crippen molar-refractivity contribution < 1.29 is 4.39 Å². The van der Waals surface area contributed by atoms with Crippen LogP contribution in [0.25, 0.3) is 10.2 Å². The van der Waals surface area contributed by atoms with Gasteiger partial charge in [0.15, 0.2) is 0 Å². The summed E-state index contributed by atoms with van der Waals surface area (Å²) in [5, 5.41) is 0.915. The van der Waals surface area contributed by atoms with E-state index in [0.29, 0.717) is 5.52 Å². The maximum Gasteiger partial charge on any atom is 0.150 e. The Kier molecular flexibility index (Phi) is 1.61. The van der Waals surface area contributed by atoms with Gasteiger partial charge in [0.2, 0.25) is 0 Å². The predicted octanol–water partition coefficient (Wildman–Crippen LogP) is 3.05. The predicted molar refractivity (Wildman–Crippen MR) is 49.1 cm³/mol. The van der Waals surface area contributed by atoms with E-state index in [1.54, 1.807) is 17.4 Å². The van der Waals surface area contributed by atoms with Gasteiger partial charge in [-0.05, 0) is 25.5 Å². The normalized spacial score (nSPS) is 10.9. The van der Waals surface area contributed by atoms with E-state index in [9.17, 15) is 4.39 Å². The average Bonchev–Trinajstić information content (AvgIpc) is 2.41. The molecule has 62 valence electrons. The van der Waals surface area contributed by atoms with Crippen LogP contribution in [0.5, 0.6) is 0 Å². The molecule has 1 nitrogen and oxygen atoms in total. The Morgan fingerprint density at radius 1 is 1.33 bits per heavy atom. The zero-order chi connectivity index (χ0) is 8.72. The van der Waals surface area contributed by atoms with Crippen LogP contribution in [0.3, 0.4) is 0 Å². The minimum absolute atomic E-state index is 0.222. The van der Waals surface area contributed by atoms with Gasteiger partial charge in [-0.1, -0.05) is 6.07 Å². The summed E-state index contributed by atoms with van der Waals surface area (Å²) in [6, 6.07) is 3.26. The molecule has 0 unspecified atom stereocenters. The Labute approximate surface area is 73.9 Å². The summed E-state index contributed by atoms with van der Waals surface area (Å²) in [6.45, 7) is 3.86. The molecule has 12 heavy (non-hydrogen) atoms. The van der Waals surface area contributed by atoms with Gasteiger partial charge < -0.3 is 0 Å². The monoisotopic (exact) mass is 181 g/mol. The maximum atomic E-state index is 13.1. The van der Waals surface area contributed by atoms with Gasteiger partial charge in [-0.2, -0.15) is 0 Å². The number of aryl methyl sites for hydroxylation is 2. The quantitative estimate of drug-likeness (QED) is 0.608. The lowest BCUT2D eigenvalue weighted by Gasteiger charge is -1.93. The van der Waals surface area contributed by atoms with Crippen LogP contribution in [0.2, 0.25) is 0 Å². The highest BCUT2D eigenvalue weighted by Crippen LogP contribution is 2.26. The second-order valence-electron chi connectivity index (χ2n) is 2.77. The number of fused-ring (bicyclic) bond motifs is 1. The molecule has 0 amide bonds. The Hall–Kier alpha value is -0.960. The Bertz CT molecular complexity index is 394. The molecule has 1 aromatic heterocycles. The van der Waals surface area contributed by atoms with Crippen LogP contribution in [-0.4, -0.2) is 4.98 Å². The SMILES string of the molecule is Cc1nc2c(F)ccc(C)c2s1. The number of halogens is 1. The third-order valence-electron chi connectivity index (χ3n) is 1.80. The van der Waals surface area contributed by atoms with E-state index in [1.807, 2.05) is 13.8 Å². The zero-order valence-corrected chi connectivity index (χ0v) is 7.70. The molecule has 0 aliphatic carbocycles. The number of nitrogens with zero attached hydrogens (tertiary/aromatic N) is 1. The largest absolute Gasteiger partial charge is 0.238 e. The molecule has 0 radical (unpaired) electrons. The van der Waals surface area contributed by atoms with E-state index in [2.05, 4.69) is 4.98 Å². The minimum Gasteiger partial charge on any atom is -0.238 e. The number of hydrogen-bond donors (Lipinski definition) is 0. The van der Waals surface area contributed by atoms with Crippen molar-refractivity contribution in [2.45, 2.75) is 13.8 Å². The first kappa shape index (κ1) is 7.68. The van der Waals surface area contributed by atoms with Gasteiger partial charge in [-0.25, -0.2) is 9.37 Å². The second-order valence-corrected chi connectivity index (χ2v) is 3.98. The number of rotatable bonds is 0. The van der Waals surface area contributed by atoms with Crippen molar-refractivity contribution >= 4 is 21.6 Å². The van der Waals surface area contributed by atoms with Crippen molar-refractivity contribution in [3.63, 3.8) is 0 Å². The first-order valence-electron chi connectivity index (χ1n) is 3.71. The lowest BCUT2D eigenvalue weighted by Crippen LogP contribution is -1.79. The fourth-order valence-electron chi connectivity index (χ4n) is 1.21. The van der Waals surface area contributed by atoms with Crippen molar-refractivity contribution in [1.82, 2.24) is 4.98 Å². The summed E-state index contributed by atoms with van der Waals surface area (Å²) in [4.78, 5) is 4.12. The van der Waals surface area contributed by atoms with E-state index >= 15 is 0 Å². The highest BCUT2D eigenvalue weighted by atomic mass is 32.1. The van der Waals surface area contributed by atoms with Gasteiger partial charge in [0, 0.05) is 0 Å². The van der Waals surface area contributed by atoms with Crippen LogP contribution in [0.4, 0.5) is 4.39 Å². The fraction of sp³-hybridized carbons (Fsp3) is 0.222. The highest BCUT2D eigenvalue weighted by Gasteiger charge is 2.07. The number of benzene rings is 1. The van der Waals surface area contributed by atoms with Crippen LogP contribution < -0.4 is 0 Å². The number of hydrogen-bond acceptors (Lipinski definition) is 2. The summed E-state index contributed by atoms with van der Waals surface area (Å²) >= 11 is 1.54. The fourth-order valence-corrected chi connectivity index (χ4v) is 2.11. The van der Waals surface area contributed by atoms with Gasteiger partial charge in [0.05, 0.1) is 9.71 Å². The summed E-state index contributed by atoms with van der Waals surface area (Å²) in [5.41, 5.74) is 1.61. The molecule has 0 saturated carbocycles. The smallest absolute Gasteiger partial charge is 0.150 e. The molecule has 3 heteroatoms. The first-order chi connectivity index (χ1) is 5.68. The summed E-state index contributed by atoms with van der Waals surface area (Å²) < 4.78 is 14.1. The standard InChI is InChI=1S/C9H8FNS/c1-5-3-4-7(10)8-9(5)12-6(2)11-8/h3-4H,1-2H3. The Morgan fingerprint density at radius 2 is 2.08 bits per heavy atom. The minimum atomic E-state index is -0.222. The van der Waals surface area contributed by atoms with Crippen LogP contribution >= 0.6 is 11.3 Å². The summed E-state index contributed by atoms with van der Waals surface area (Å²) in [6.07, 6.45) is 0. The van der Waals surface area contributed by atoms with E-state index in [0.717, 1.165) is 15.3 Å². The van der Waals surface area contributed by atoms with Crippen molar-refractivity contribution in [3.05, 3.63) is 28.5 Å². The topological polar surface area (TPSA) is 12.9 Å². The molecule has 0 aliphatic rings. The van der Waals surface area contributed by atoms with Gasteiger partial charge in [-0.3, -0.25) is 0 Å². The third kappa shape index (κ3) is 1.01. The molecule has 2 aromatic rings. The first-order valence-corrected chi connectivity index (χ1v) is 4.52. The van der Waals surface area contributed by atoms with Crippen molar-refractivity contribution in [2.24, 2.45) is 0 Å². The van der Waals surface area contributed by atoms with Crippen LogP contribution in [0, 0.1) is 19.7 Å². The number of aromatic nitrogens is 1. The summed E-state index contributed by atoms with van der Waals surface area (Å²) in [5.74, 6) is -0.222. The number of thiazole rings is 1. The van der Waals surface area contributed by atoms with Gasteiger partial charge >= 0.3 is 0 Å². The molecule has 0 atom stereocenters. The third-order valence-corrected chi connectivity index (χ3v) is 2.90. The van der Waals surface area contributed by atoms with Crippen molar-refractivity contribution in [1.29, 1.82) is 0 Å².